The number of rotatable bonds is 25. The molecule has 0 unspecified atom stereocenters. The first-order valence-electron chi connectivity index (χ1n) is 28.0. The molecule has 2 saturated heterocycles. The van der Waals surface area contributed by atoms with Crippen molar-refractivity contribution >= 4 is 51.2 Å². The number of aliphatic hydroxyl groups is 1. The van der Waals surface area contributed by atoms with E-state index in [0.29, 0.717) is 68.7 Å². The molecule has 2 amide bonds. The van der Waals surface area contributed by atoms with E-state index in [2.05, 4.69) is 80.7 Å². The highest BCUT2D eigenvalue weighted by Gasteiger charge is 2.43. The van der Waals surface area contributed by atoms with Gasteiger partial charge in [-0.25, -0.2) is 4.98 Å². The average Bonchev–Trinajstić information content (AvgIpc) is 4.51. The van der Waals surface area contributed by atoms with Gasteiger partial charge in [0.2, 0.25) is 17.8 Å². The number of piperidine rings is 1. The fraction of sp³-hybridized carbons (Fsp3) is 0.433. The van der Waals surface area contributed by atoms with E-state index in [1.54, 1.807) is 28.8 Å². The van der Waals surface area contributed by atoms with Gasteiger partial charge in [-0.2, -0.15) is 19.6 Å². The number of carbonyl (C=O) groups is 2. The molecule has 0 radical (unpaired) electrons. The largest absolute Gasteiger partial charge is 0.491 e. The molecule has 8 aromatic rings. The topological polar surface area (TPSA) is 238 Å². The molecule has 0 spiro atoms. The van der Waals surface area contributed by atoms with Crippen molar-refractivity contribution in [2.24, 2.45) is 5.92 Å². The van der Waals surface area contributed by atoms with Gasteiger partial charge in [0, 0.05) is 79.2 Å². The number of aliphatic hydroxyl groups excluding tert-OH is 1. The van der Waals surface area contributed by atoms with Gasteiger partial charge in [0.25, 0.3) is 0 Å². The summed E-state index contributed by atoms with van der Waals surface area (Å²) in [5.74, 6) is 0.409. The molecule has 5 aromatic heterocycles. The van der Waals surface area contributed by atoms with Crippen LogP contribution in [-0.4, -0.2) is 134 Å². The van der Waals surface area contributed by atoms with E-state index < -0.39 is 18.1 Å². The number of aryl methyl sites for hydroxylation is 2. The van der Waals surface area contributed by atoms with Crippen molar-refractivity contribution in [3.8, 4) is 33.5 Å². The van der Waals surface area contributed by atoms with Crippen LogP contribution >= 0.6 is 11.3 Å². The Kier molecular flexibility index (Phi) is 18.4. The van der Waals surface area contributed by atoms with Crippen molar-refractivity contribution < 1.29 is 38.2 Å². The SMILES string of the molecule is Cc1cc([C@@H](C(=O)N2C[C@H](O)C[C@H]2C(=O)NCc2ccc(-c3scnc3C)cc2OCCOCCOCCNc2ccc3c(-c4ccccc4CNc4nc(O[C@@H]5CCCNC5)nc5c(C(C)C)cnn45)nccc3c2)C(C)C)on1. The fourth-order valence-electron chi connectivity index (χ4n) is 10.5. The summed E-state index contributed by atoms with van der Waals surface area (Å²) in [6, 6.07) is 23.7. The fourth-order valence-corrected chi connectivity index (χ4v) is 11.3. The van der Waals surface area contributed by atoms with Crippen molar-refractivity contribution in [2.45, 2.75) is 104 Å². The molecule has 20 nitrogen and oxygen atoms in total. The van der Waals surface area contributed by atoms with Crippen LogP contribution in [0, 0.1) is 19.8 Å². The summed E-state index contributed by atoms with van der Waals surface area (Å²) in [6.45, 7) is 16.7. The molecule has 426 valence electrons. The van der Waals surface area contributed by atoms with E-state index in [-0.39, 0.29) is 55.9 Å². The van der Waals surface area contributed by atoms with Gasteiger partial charge >= 0.3 is 6.01 Å². The number of carbonyl (C=O) groups excluding carboxylic acids is 2. The number of benzene rings is 3. The van der Waals surface area contributed by atoms with Crippen molar-refractivity contribution in [3.63, 3.8) is 0 Å². The van der Waals surface area contributed by atoms with E-state index in [1.165, 1.54) is 4.90 Å². The third-order valence-corrected chi connectivity index (χ3v) is 15.7. The molecule has 2 fully saturated rings. The minimum Gasteiger partial charge on any atom is -0.491 e. The Labute approximate surface area is 475 Å². The normalized spacial score (nSPS) is 16.9. The number of hydrogen-bond donors (Lipinski definition) is 5. The molecule has 21 heteroatoms. The van der Waals surface area contributed by atoms with Crippen LogP contribution in [0.15, 0.2) is 95.2 Å². The maximum Gasteiger partial charge on any atom is 0.322 e. The smallest absolute Gasteiger partial charge is 0.322 e. The first-order chi connectivity index (χ1) is 39.4. The predicted octanol–water partition coefficient (Wildman–Crippen LogP) is 8.48. The Morgan fingerprint density at radius 1 is 0.914 bits per heavy atom. The molecule has 7 heterocycles. The lowest BCUT2D eigenvalue weighted by Gasteiger charge is -2.28. The second-order valence-electron chi connectivity index (χ2n) is 21.3. The molecule has 2 aliphatic rings. The zero-order chi connectivity index (χ0) is 56.4. The third kappa shape index (κ3) is 13.6. The van der Waals surface area contributed by atoms with Gasteiger partial charge in [-0.15, -0.1) is 11.3 Å². The number of likely N-dealkylation sites (tertiary alicyclic amines) is 1. The molecular weight excluding hydrogens is 1050 g/mol. The van der Waals surface area contributed by atoms with Gasteiger partial charge < -0.3 is 54.7 Å². The molecule has 5 N–H and O–H groups in total. The number of amides is 2. The number of nitrogens with one attached hydrogen (secondary N) is 4. The average molecular weight is 1120 g/mol. The minimum absolute atomic E-state index is 0.00705. The van der Waals surface area contributed by atoms with Gasteiger partial charge in [-0.05, 0) is 85.8 Å². The van der Waals surface area contributed by atoms with Gasteiger partial charge in [-0.1, -0.05) is 75.3 Å². The minimum atomic E-state index is -0.853. The summed E-state index contributed by atoms with van der Waals surface area (Å²) in [4.78, 5) is 49.2. The number of anilines is 2. The monoisotopic (exact) mass is 1120 g/mol. The van der Waals surface area contributed by atoms with Crippen LogP contribution in [0.1, 0.15) is 92.6 Å². The van der Waals surface area contributed by atoms with Gasteiger partial charge in [0.05, 0.1) is 66.2 Å². The van der Waals surface area contributed by atoms with Crippen molar-refractivity contribution in [1.82, 2.24) is 50.2 Å². The van der Waals surface area contributed by atoms with E-state index in [9.17, 15) is 14.7 Å². The number of fused-ring (bicyclic) bond motifs is 2. The molecule has 0 bridgehead atoms. The lowest BCUT2D eigenvalue weighted by Crippen LogP contribution is -2.48. The number of β-amino-alcohol motifs (C(OH)–C–C–N with tert-alkyl or cyclic N) is 1. The van der Waals surface area contributed by atoms with E-state index in [4.69, 9.17) is 38.4 Å². The Bertz CT molecular complexity index is 3430. The molecule has 0 saturated carbocycles. The zero-order valence-corrected chi connectivity index (χ0v) is 47.6. The highest BCUT2D eigenvalue weighted by molar-refractivity contribution is 7.13. The maximum absolute atomic E-state index is 14.0. The number of hydrogen-bond acceptors (Lipinski definition) is 18. The van der Waals surface area contributed by atoms with Gasteiger partial charge in [-0.3, -0.25) is 14.6 Å². The van der Waals surface area contributed by atoms with Crippen molar-refractivity contribution in [1.29, 1.82) is 0 Å². The van der Waals surface area contributed by atoms with Crippen LogP contribution in [0.4, 0.5) is 11.6 Å². The predicted molar refractivity (Wildman–Crippen MR) is 311 cm³/mol. The van der Waals surface area contributed by atoms with Crippen LogP contribution in [-0.2, 0) is 32.2 Å². The molecule has 10 rings (SSSR count). The van der Waals surface area contributed by atoms with Crippen LogP contribution in [0.5, 0.6) is 11.8 Å². The van der Waals surface area contributed by atoms with Crippen LogP contribution < -0.4 is 30.7 Å². The van der Waals surface area contributed by atoms with Crippen LogP contribution in [0.25, 0.3) is 38.1 Å². The van der Waals surface area contributed by atoms with E-state index >= 15 is 0 Å². The maximum atomic E-state index is 14.0. The highest BCUT2D eigenvalue weighted by Crippen LogP contribution is 2.35. The summed E-state index contributed by atoms with van der Waals surface area (Å²) in [6.07, 6.45) is 5.01. The molecule has 2 aliphatic heterocycles. The summed E-state index contributed by atoms with van der Waals surface area (Å²) >= 11 is 1.54. The molecule has 3 aromatic carbocycles. The van der Waals surface area contributed by atoms with Crippen LogP contribution in [0.3, 0.4) is 0 Å². The van der Waals surface area contributed by atoms with Gasteiger partial charge in [0.15, 0.2) is 5.65 Å². The number of aromatic nitrogens is 7. The standard InChI is InChI=1S/C60H72N12O8S/c1-36(2)49-33-67-72-56(49)68-60(79-46-11-9-18-61-32-46)69-59(72)65-30-42-10-7-8-12-47(42)54-48-16-15-44(27-40(48)17-19-63-54)62-20-21-76-22-23-77-24-25-78-51-28-41(55-39(6)66-35-81-55)13-14-43(51)31-64-57(74)50-29-45(73)34-71(50)58(75)53(37(3)4)52-26-38(5)70-80-52/h7-8,10,12-17,19,26-28,33,35-37,45-46,50,53,61-62,73H,9,11,18,20-25,29-32,34H2,1-6H3,(H,64,74)(H,65,68,69)/t45-,46-,50+,53+/m1/s1. The third-order valence-electron chi connectivity index (χ3n) is 14.7. The van der Waals surface area contributed by atoms with Gasteiger partial charge in [0.1, 0.15) is 36.2 Å². The second-order valence-corrected chi connectivity index (χ2v) is 22.2. The lowest BCUT2D eigenvalue weighted by molar-refractivity contribution is -0.141. The molecule has 0 aliphatic carbocycles. The number of pyridine rings is 1. The Hall–Kier alpha value is -7.56. The Morgan fingerprint density at radius 3 is 2.53 bits per heavy atom. The van der Waals surface area contributed by atoms with E-state index in [1.807, 2.05) is 75.1 Å². The number of ether oxygens (including phenoxy) is 4. The van der Waals surface area contributed by atoms with Crippen molar-refractivity contribution in [3.05, 3.63) is 125 Å². The number of nitrogens with zero attached hydrogens (tertiary/aromatic N) is 8. The number of thiazole rings is 1. The summed E-state index contributed by atoms with van der Waals surface area (Å²) in [5, 5.41) is 34.9. The second kappa shape index (κ2) is 26.4. The summed E-state index contributed by atoms with van der Waals surface area (Å²) in [5.41, 5.74) is 10.8. The highest BCUT2D eigenvalue weighted by atomic mass is 32.1. The van der Waals surface area contributed by atoms with E-state index in [0.717, 1.165) is 92.1 Å². The molecular formula is C60H72N12O8S. The first kappa shape index (κ1) is 56.7. The quantitative estimate of drug-likeness (QED) is 0.0337. The zero-order valence-electron chi connectivity index (χ0n) is 46.8. The Balaban J connectivity index is 0.695. The lowest BCUT2D eigenvalue weighted by atomic mass is 9.91. The first-order valence-corrected chi connectivity index (χ1v) is 28.9. The summed E-state index contributed by atoms with van der Waals surface area (Å²) < 4.78 is 31.7. The van der Waals surface area contributed by atoms with Crippen LogP contribution in [0.2, 0.25) is 0 Å². The molecule has 81 heavy (non-hydrogen) atoms. The summed E-state index contributed by atoms with van der Waals surface area (Å²) in [7, 11) is 0. The Morgan fingerprint density at radius 2 is 1.75 bits per heavy atom. The molecule has 4 atom stereocenters. The van der Waals surface area contributed by atoms with Crippen molar-refractivity contribution in [2.75, 3.05) is 69.8 Å².